The molecule has 4 aromatic rings. The first-order chi connectivity index (χ1) is 21.9. The third-order valence-electron chi connectivity index (χ3n) is 9.17. The van der Waals surface area contributed by atoms with Gasteiger partial charge in [0, 0.05) is 68.9 Å². The molecule has 45 heavy (non-hydrogen) atoms. The van der Waals surface area contributed by atoms with Crippen molar-refractivity contribution < 1.29 is 14.0 Å². The van der Waals surface area contributed by atoms with Crippen LogP contribution in [0.25, 0.3) is 10.8 Å². The highest BCUT2D eigenvalue weighted by Gasteiger charge is 2.44. The van der Waals surface area contributed by atoms with Gasteiger partial charge in [0.2, 0.25) is 5.91 Å². The fraction of sp³-hybridized carbons (Fsp3) is 0.400. The molecule has 1 saturated heterocycles. The zero-order valence-corrected chi connectivity index (χ0v) is 25.5. The van der Waals surface area contributed by atoms with Gasteiger partial charge < -0.3 is 10.2 Å². The van der Waals surface area contributed by atoms with E-state index >= 15 is 0 Å². The van der Waals surface area contributed by atoms with Crippen LogP contribution in [0.5, 0.6) is 0 Å². The molecule has 1 aliphatic carbocycles. The maximum atomic E-state index is 15.0. The lowest BCUT2D eigenvalue weighted by atomic mass is 10.0. The molecule has 6 rings (SSSR count). The molecule has 1 aliphatic heterocycles. The summed E-state index contributed by atoms with van der Waals surface area (Å²) in [5.41, 5.74) is 2.28. The van der Waals surface area contributed by atoms with E-state index < -0.39 is 5.82 Å². The first kappa shape index (κ1) is 30.6. The molecule has 9 nitrogen and oxygen atoms in total. The summed E-state index contributed by atoms with van der Waals surface area (Å²) in [4.78, 5) is 46.9. The number of piperazine rings is 1. The Morgan fingerprint density at radius 3 is 2.62 bits per heavy atom. The molecule has 2 N–H and O–H groups in total. The molecule has 1 saturated carbocycles. The van der Waals surface area contributed by atoms with Crippen molar-refractivity contribution in [2.45, 2.75) is 51.0 Å². The number of nitrogens with zero attached hydrogens (tertiary/aromatic N) is 4. The van der Waals surface area contributed by atoms with Crippen molar-refractivity contribution in [2.24, 2.45) is 5.92 Å². The van der Waals surface area contributed by atoms with E-state index in [1.807, 2.05) is 30.5 Å². The van der Waals surface area contributed by atoms with Crippen molar-refractivity contribution in [1.82, 2.24) is 30.3 Å². The largest absolute Gasteiger partial charge is 0.354 e. The number of nitrogens with one attached hydrogen (secondary N) is 2. The van der Waals surface area contributed by atoms with E-state index in [1.54, 1.807) is 35.4 Å². The van der Waals surface area contributed by atoms with E-state index in [-0.39, 0.29) is 40.8 Å². The quantitative estimate of drug-likeness (QED) is 0.262. The highest BCUT2D eigenvalue weighted by molar-refractivity contribution is 5.95. The average molecular weight is 611 g/mol. The van der Waals surface area contributed by atoms with Crippen LogP contribution in [0.2, 0.25) is 0 Å². The van der Waals surface area contributed by atoms with E-state index in [2.05, 4.69) is 32.3 Å². The zero-order valence-electron chi connectivity index (χ0n) is 25.5. The number of hydrogen-bond acceptors (Lipinski definition) is 6. The number of hydrogen-bond donors (Lipinski definition) is 2. The molecule has 2 aliphatic rings. The Bertz CT molecular complexity index is 1720. The minimum absolute atomic E-state index is 0.000151. The van der Waals surface area contributed by atoms with E-state index in [0.29, 0.717) is 50.2 Å². The number of pyridine rings is 1. The maximum Gasteiger partial charge on any atom is 0.272 e. The molecule has 3 unspecified atom stereocenters. The van der Waals surface area contributed by atoms with Crippen LogP contribution in [0.4, 0.5) is 4.39 Å². The average Bonchev–Trinajstić information content (AvgIpc) is 3.89. The van der Waals surface area contributed by atoms with Gasteiger partial charge in [0.15, 0.2) is 0 Å². The standard InChI is InChI=1S/C35H39FN6O3/c1-2-3-8-25(22-38-33(43)29-20-28(29)24-7-6-13-37-21-24)41-14-16-42(17-15-41)35(45)30-18-23(11-12-31(30)36)19-32-26-9-4-5-10-27(26)34(44)40-39-32/h4-7,9-13,18,21,25,28-29H,2-3,8,14-17,19-20,22H2,1H3,(H,38,43)(H,40,44). The SMILES string of the molecule is CCCCC(CNC(=O)C1CC1c1cccnc1)N1CCN(C(=O)c2cc(Cc3n[nH]c(=O)c4ccccc34)ccc2F)CC1. The summed E-state index contributed by atoms with van der Waals surface area (Å²) < 4.78 is 15.0. The Morgan fingerprint density at radius 2 is 1.87 bits per heavy atom. The topological polar surface area (TPSA) is 111 Å². The number of carbonyl (C=O) groups is 2. The molecular weight excluding hydrogens is 571 g/mol. The van der Waals surface area contributed by atoms with E-state index in [9.17, 15) is 18.8 Å². The van der Waals surface area contributed by atoms with Gasteiger partial charge >= 0.3 is 0 Å². The monoisotopic (exact) mass is 610 g/mol. The van der Waals surface area contributed by atoms with E-state index in [0.717, 1.165) is 42.2 Å². The molecule has 0 spiro atoms. The van der Waals surface area contributed by atoms with Crippen molar-refractivity contribution in [1.29, 1.82) is 0 Å². The number of halogens is 1. The Kier molecular flexibility index (Phi) is 9.30. The van der Waals surface area contributed by atoms with Gasteiger partial charge in [-0.15, -0.1) is 0 Å². The minimum Gasteiger partial charge on any atom is -0.354 e. The predicted octanol–water partition coefficient (Wildman–Crippen LogP) is 4.28. The molecule has 3 atom stereocenters. The number of carbonyl (C=O) groups excluding carboxylic acids is 2. The van der Waals surface area contributed by atoms with Crippen LogP contribution < -0.4 is 10.9 Å². The van der Waals surface area contributed by atoms with E-state index in [4.69, 9.17) is 0 Å². The van der Waals surface area contributed by atoms with Gasteiger partial charge in [-0.25, -0.2) is 9.49 Å². The molecule has 2 amide bonds. The van der Waals surface area contributed by atoms with Crippen molar-refractivity contribution in [2.75, 3.05) is 32.7 Å². The summed E-state index contributed by atoms with van der Waals surface area (Å²) in [5, 5.41) is 11.2. The normalized spacial score (nSPS) is 18.9. The van der Waals surface area contributed by atoms with Crippen LogP contribution in [0.15, 0.2) is 71.8 Å². The first-order valence-corrected chi connectivity index (χ1v) is 15.9. The molecule has 2 aromatic carbocycles. The second-order valence-electron chi connectivity index (χ2n) is 12.1. The number of fused-ring (bicyclic) bond motifs is 1. The molecule has 234 valence electrons. The fourth-order valence-corrected chi connectivity index (χ4v) is 6.46. The smallest absolute Gasteiger partial charge is 0.272 e. The van der Waals surface area contributed by atoms with Crippen LogP contribution in [0.3, 0.4) is 0 Å². The van der Waals surface area contributed by atoms with Crippen LogP contribution in [0, 0.1) is 11.7 Å². The highest BCUT2D eigenvalue weighted by Crippen LogP contribution is 2.47. The number of aromatic nitrogens is 3. The number of rotatable bonds is 11. The van der Waals surface area contributed by atoms with Gasteiger partial charge in [0.1, 0.15) is 5.82 Å². The third kappa shape index (κ3) is 6.96. The molecule has 2 aromatic heterocycles. The van der Waals surface area contributed by atoms with Crippen LogP contribution in [-0.4, -0.2) is 75.6 Å². The third-order valence-corrected chi connectivity index (χ3v) is 9.17. The van der Waals surface area contributed by atoms with Gasteiger partial charge in [-0.2, -0.15) is 5.10 Å². The van der Waals surface area contributed by atoms with Gasteiger partial charge in [-0.05, 0) is 54.2 Å². The van der Waals surface area contributed by atoms with Crippen molar-refractivity contribution in [3.63, 3.8) is 0 Å². The number of benzene rings is 2. The molecule has 0 radical (unpaired) electrons. The number of unbranched alkanes of at least 4 members (excludes halogenated alkanes) is 1. The second-order valence-corrected chi connectivity index (χ2v) is 12.1. The highest BCUT2D eigenvalue weighted by atomic mass is 19.1. The molecule has 0 bridgehead atoms. The Balaban J connectivity index is 1.06. The molecular formula is C35H39FN6O3. The maximum absolute atomic E-state index is 15.0. The Morgan fingerprint density at radius 1 is 1.07 bits per heavy atom. The lowest BCUT2D eigenvalue weighted by molar-refractivity contribution is -0.122. The minimum atomic E-state index is -0.557. The predicted molar refractivity (Wildman–Crippen MR) is 170 cm³/mol. The lowest BCUT2D eigenvalue weighted by Crippen LogP contribution is -2.54. The number of H-pyrrole nitrogens is 1. The molecule has 2 fully saturated rings. The summed E-state index contributed by atoms with van der Waals surface area (Å²) in [6, 6.07) is 15.9. The zero-order chi connectivity index (χ0) is 31.3. The summed E-state index contributed by atoms with van der Waals surface area (Å²) in [6.45, 7) is 5.02. The van der Waals surface area contributed by atoms with Gasteiger partial charge in [0.25, 0.3) is 11.5 Å². The first-order valence-electron chi connectivity index (χ1n) is 15.9. The van der Waals surface area contributed by atoms with Gasteiger partial charge in [-0.1, -0.05) is 50.1 Å². The number of aromatic amines is 1. The molecule has 3 heterocycles. The van der Waals surface area contributed by atoms with Crippen LogP contribution in [0.1, 0.15) is 65.7 Å². The fourth-order valence-electron chi connectivity index (χ4n) is 6.46. The van der Waals surface area contributed by atoms with Crippen molar-refractivity contribution in [3.8, 4) is 0 Å². The number of amides is 2. The second kappa shape index (κ2) is 13.7. The summed E-state index contributed by atoms with van der Waals surface area (Å²) in [5.74, 6) is -0.548. The molecule has 10 heteroatoms. The Hall–Kier alpha value is -4.44. The van der Waals surface area contributed by atoms with Crippen molar-refractivity contribution in [3.05, 3.63) is 106 Å². The summed E-state index contributed by atoms with van der Waals surface area (Å²) in [6.07, 6.45) is 7.87. The lowest BCUT2D eigenvalue weighted by Gasteiger charge is -2.39. The Labute approximate surface area is 261 Å². The van der Waals surface area contributed by atoms with Gasteiger partial charge in [0.05, 0.1) is 16.6 Å². The van der Waals surface area contributed by atoms with Crippen molar-refractivity contribution >= 4 is 22.6 Å². The van der Waals surface area contributed by atoms with Crippen LogP contribution >= 0.6 is 0 Å². The van der Waals surface area contributed by atoms with E-state index in [1.165, 1.54) is 6.07 Å². The summed E-state index contributed by atoms with van der Waals surface area (Å²) >= 11 is 0. The summed E-state index contributed by atoms with van der Waals surface area (Å²) in [7, 11) is 0. The van der Waals surface area contributed by atoms with Gasteiger partial charge in [-0.3, -0.25) is 24.3 Å². The van der Waals surface area contributed by atoms with Crippen LogP contribution in [-0.2, 0) is 11.2 Å².